The van der Waals surface area contributed by atoms with E-state index < -0.39 is 0 Å². The van der Waals surface area contributed by atoms with E-state index in [1.165, 1.54) is 0 Å². The molecule has 1 heterocycles. The molecular formula is C11H10O2. The van der Waals surface area contributed by atoms with Crippen LogP contribution in [-0.2, 0) is 0 Å². The van der Waals surface area contributed by atoms with Gasteiger partial charge in [-0.25, -0.2) is 0 Å². The Hall–Kier alpha value is -1.70. The van der Waals surface area contributed by atoms with Gasteiger partial charge in [-0.1, -0.05) is 24.8 Å². The van der Waals surface area contributed by atoms with Crippen LogP contribution in [0.5, 0.6) is 0 Å². The van der Waals surface area contributed by atoms with Gasteiger partial charge in [0.15, 0.2) is 5.42 Å². The standard InChI is InChI=1S/C11H10O2/c1-7-9-5-3-4-6-10(9)13-11(7)8(2)12/h3-6,12H,1H2,2H3/b11-8-. The molecule has 0 saturated carbocycles. The second kappa shape index (κ2) is 2.66. The lowest BCUT2D eigenvalue weighted by atomic mass is 10.2. The van der Waals surface area contributed by atoms with E-state index in [9.17, 15) is 5.11 Å². The fourth-order valence-electron chi connectivity index (χ4n) is 1.39. The summed E-state index contributed by atoms with van der Waals surface area (Å²) in [5.74, 6) is 0.168. The third-order valence-corrected chi connectivity index (χ3v) is 2.03. The van der Waals surface area contributed by atoms with Crippen LogP contribution in [0.2, 0.25) is 0 Å². The molecule has 1 N–H and O–H groups in total. The van der Waals surface area contributed by atoms with Gasteiger partial charge >= 0.3 is 0 Å². The highest BCUT2D eigenvalue weighted by Gasteiger charge is 2.01. The Kier molecular flexibility index (Phi) is 1.62. The van der Waals surface area contributed by atoms with E-state index in [1.807, 2.05) is 24.3 Å². The second-order valence-electron chi connectivity index (χ2n) is 2.99. The minimum absolute atomic E-state index is 0.168. The van der Waals surface area contributed by atoms with Crippen LogP contribution in [0.4, 0.5) is 0 Å². The Morgan fingerprint density at radius 2 is 2.08 bits per heavy atom. The van der Waals surface area contributed by atoms with Crippen molar-refractivity contribution in [3.63, 3.8) is 0 Å². The van der Waals surface area contributed by atoms with Gasteiger partial charge in [0.1, 0.15) is 11.3 Å². The topological polar surface area (TPSA) is 33.4 Å². The molecule has 0 radical (unpaired) electrons. The van der Waals surface area contributed by atoms with E-state index in [2.05, 4.69) is 6.58 Å². The average Bonchev–Trinajstić information content (AvgIpc) is 2.45. The number of para-hydroxylation sites is 1. The molecule has 0 bridgehead atoms. The summed E-state index contributed by atoms with van der Waals surface area (Å²) in [5.41, 5.74) is 1.23. The minimum atomic E-state index is 0.168. The van der Waals surface area contributed by atoms with Gasteiger partial charge in [0.2, 0.25) is 0 Å². The monoisotopic (exact) mass is 174 g/mol. The molecule has 1 aromatic carbocycles. The van der Waals surface area contributed by atoms with E-state index in [0.29, 0.717) is 5.42 Å². The van der Waals surface area contributed by atoms with E-state index in [0.717, 1.165) is 16.2 Å². The molecule has 0 spiro atoms. The van der Waals surface area contributed by atoms with Gasteiger partial charge in [0.25, 0.3) is 0 Å². The van der Waals surface area contributed by atoms with Crippen molar-refractivity contribution in [2.45, 2.75) is 6.92 Å². The van der Waals surface area contributed by atoms with Crippen molar-refractivity contribution in [2.24, 2.45) is 0 Å². The maximum atomic E-state index is 9.29. The summed E-state index contributed by atoms with van der Waals surface area (Å²) in [5, 5.41) is 11.0. The summed E-state index contributed by atoms with van der Waals surface area (Å²) in [6.07, 6.45) is 0. The van der Waals surface area contributed by atoms with E-state index in [1.54, 1.807) is 6.92 Å². The average molecular weight is 174 g/mol. The molecule has 13 heavy (non-hydrogen) atoms. The van der Waals surface area contributed by atoms with Gasteiger partial charge in [-0.05, 0) is 13.0 Å². The number of fused-ring (bicyclic) bond motifs is 1. The summed E-state index contributed by atoms with van der Waals surface area (Å²) in [6.45, 7) is 5.44. The first-order valence-corrected chi connectivity index (χ1v) is 4.06. The molecule has 0 fully saturated rings. The number of aliphatic hydroxyl groups excluding tert-OH is 1. The van der Waals surface area contributed by atoms with Crippen molar-refractivity contribution in [1.29, 1.82) is 0 Å². The lowest BCUT2D eigenvalue weighted by molar-refractivity contribution is 0.464. The molecule has 2 rings (SSSR count). The van der Waals surface area contributed by atoms with Crippen LogP contribution in [0.3, 0.4) is 0 Å². The van der Waals surface area contributed by atoms with Crippen LogP contribution in [-0.4, -0.2) is 5.11 Å². The van der Waals surface area contributed by atoms with Crippen LogP contribution in [0.1, 0.15) is 6.92 Å². The predicted octanol–water partition coefficient (Wildman–Crippen LogP) is 1.53. The molecule has 66 valence electrons. The number of benzene rings is 1. The smallest absolute Gasteiger partial charge is 0.171 e. The van der Waals surface area contributed by atoms with Gasteiger partial charge in [-0.2, -0.15) is 0 Å². The number of furan rings is 1. The number of hydrogen-bond donors (Lipinski definition) is 1. The fraction of sp³-hybridized carbons (Fsp3) is 0.0909. The van der Waals surface area contributed by atoms with Crippen LogP contribution in [0.25, 0.3) is 23.3 Å². The van der Waals surface area contributed by atoms with Crippen LogP contribution in [0, 0.1) is 0 Å². The molecule has 2 aromatic rings. The Morgan fingerprint density at radius 1 is 1.38 bits per heavy atom. The van der Waals surface area contributed by atoms with Crippen molar-refractivity contribution in [2.75, 3.05) is 0 Å². The van der Waals surface area contributed by atoms with Crippen LogP contribution in [0.15, 0.2) is 28.7 Å². The van der Waals surface area contributed by atoms with Crippen molar-refractivity contribution in [3.05, 3.63) is 34.9 Å². The number of aliphatic hydroxyl groups is 1. The summed E-state index contributed by atoms with van der Waals surface area (Å²) >= 11 is 0. The third kappa shape index (κ3) is 1.11. The number of hydrogen-bond acceptors (Lipinski definition) is 2. The summed E-state index contributed by atoms with van der Waals surface area (Å²) in [7, 11) is 0. The second-order valence-corrected chi connectivity index (χ2v) is 2.99. The molecule has 1 aromatic heterocycles. The van der Waals surface area contributed by atoms with Crippen molar-refractivity contribution in [1.82, 2.24) is 0 Å². The Balaban J connectivity index is 3.08. The fourth-order valence-corrected chi connectivity index (χ4v) is 1.39. The Labute approximate surface area is 75.4 Å². The number of rotatable bonds is 0. The summed E-state index contributed by atoms with van der Waals surface area (Å²) in [4.78, 5) is 0. The first-order valence-electron chi connectivity index (χ1n) is 4.06. The highest BCUT2D eigenvalue weighted by atomic mass is 16.3. The van der Waals surface area contributed by atoms with Crippen LogP contribution < -0.4 is 10.6 Å². The van der Waals surface area contributed by atoms with E-state index >= 15 is 0 Å². The van der Waals surface area contributed by atoms with E-state index in [4.69, 9.17) is 4.42 Å². The maximum Gasteiger partial charge on any atom is 0.171 e. The van der Waals surface area contributed by atoms with Gasteiger partial charge in [-0.3, -0.25) is 0 Å². The van der Waals surface area contributed by atoms with Crippen molar-refractivity contribution in [3.8, 4) is 0 Å². The molecule has 0 unspecified atom stereocenters. The highest BCUT2D eigenvalue weighted by Crippen LogP contribution is 2.06. The van der Waals surface area contributed by atoms with Crippen molar-refractivity contribution < 1.29 is 9.52 Å². The molecule has 0 saturated heterocycles. The molecule has 0 atom stereocenters. The SMILES string of the molecule is C=c1/c(=C(\C)O)oc2ccccc12. The highest BCUT2D eigenvalue weighted by molar-refractivity contribution is 5.78. The van der Waals surface area contributed by atoms with E-state index in [-0.39, 0.29) is 5.76 Å². The first-order chi connectivity index (χ1) is 6.20. The molecular weight excluding hydrogens is 164 g/mol. The lowest BCUT2D eigenvalue weighted by Crippen LogP contribution is -2.20. The predicted molar refractivity (Wildman–Crippen MR) is 52.7 cm³/mol. The zero-order valence-corrected chi connectivity index (χ0v) is 7.37. The summed E-state index contributed by atoms with van der Waals surface area (Å²) in [6, 6.07) is 7.59. The van der Waals surface area contributed by atoms with Gasteiger partial charge in [0.05, 0.1) is 0 Å². The Bertz CT molecular complexity index is 545. The largest absolute Gasteiger partial charge is 0.509 e. The molecule has 0 amide bonds. The zero-order valence-electron chi connectivity index (χ0n) is 7.37. The molecule has 0 aliphatic heterocycles. The Morgan fingerprint density at radius 3 is 2.69 bits per heavy atom. The normalized spacial score (nSPS) is 13.3. The van der Waals surface area contributed by atoms with Crippen LogP contribution >= 0.6 is 0 Å². The van der Waals surface area contributed by atoms with Gasteiger partial charge in [0, 0.05) is 10.6 Å². The minimum Gasteiger partial charge on any atom is -0.509 e. The zero-order chi connectivity index (χ0) is 9.42. The van der Waals surface area contributed by atoms with Crippen molar-refractivity contribution >= 4 is 23.3 Å². The van der Waals surface area contributed by atoms with Gasteiger partial charge in [-0.15, -0.1) is 0 Å². The third-order valence-electron chi connectivity index (χ3n) is 2.03. The lowest BCUT2D eigenvalue weighted by Gasteiger charge is -1.82. The molecule has 2 heteroatoms. The first kappa shape index (κ1) is 7.92. The van der Waals surface area contributed by atoms with Gasteiger partial charge < -0.3 is 9.52 Å². The quantitative estimate of drug-likeness (QED) is 0.657. The molecule has 2 nitrogen and oxygen atoms in total. The maximum absolute atomic E-state index is 9.29. The molecule has 0 aliphatic carbocycles. The molecule has 0 aliphatic rings. The summed E-state index contributed by atoms with van der Waals surface area (Å²) < 4.78 is 5.41.